The highest BCUT2D eigenvalue weighted by molar-refractivity contribution is 9.10. The van der Waals surface area contributed by atoms with Crippen molar-refractivity contribution in [1.29, 1.82) is 0 Å². The van der Waals surface area contributed by atoms with Crippen molar-refractivity contribution < 1.29 is 9.53 Å². The Balaban J connectivity index is 2.55. The number of halogens is 2. The summed E-state index contributed by atoms with van der Waals surface area (Å²) in [6.07, 6.45) is 0. The number of ether oxygens (including phenoxy) is 1. The molecule has 2 rings (SSSR count). The average molecular weight is 384 g/mol. The van der Waals surface area contributed by atoms with Crippen LogP contribution in [0.15, 0.2) is 45.3 Å². The molecule has 0 aliphatic rings. The lowest BCUT2D eigenvalue weighted by Crippen LogP contribution is -2.05. The van der Waals surface area contributed by atoms with E-state index in [9.17, 15) is 4.79 Å². The quantitative estimate of drug-likeness (QED) is 0.714. The van der Waals surface area contributed by atoms with E-state index < -0.39 is 0 Å². The van der Waals surface area contributed by atoms with Gasteiger partial charge in [0.05, 0.1) is 12.7 Å². The maximum atomic E-state index is 12.6. The largest absolute Gasteiger partial charge is 0.496 e. The van der Waals surface area contributed by atoms with Gasteiger partial charge in [0.15, 0.2) is 5.78 Å². The molecule has 0 aliphatic carbocycles. The summed E-state index contributed by atoms with van der Waals surface area (Å²) in [4.78, 5) is 12.6. The third-order valence-electron chi connectivity index (χ3n) is 2.77. The lowest BCUT2D eigenvalue weighted by Gasteiger charge is -2.10. The first-order valence-corrected chi connectivity index (χ1v) is 7.26. The number of carbonyl (C=O) groups excluding carboxylic acids is 1. The van der Waals surface area contributed by atoms with Gasteiger partial charge < -0.3 is 4.74 Å². The number of hydrogen-bond donors (Lipinski definition) is 0. The van der Waals surface area contributed by atoms with Crippen LogP contribution < -0.4 is 4.74 Å². The predicted octanol–water partition coefficient (Wildman–Crippen LogP) is 4.76. The molecule has 0 amide bonds. The van der Waals surface area contributed by atoms with Crippen LogP contribution >= 0.6 is 31.9 Å². The van der Waals surface area contributed by atoms with Crippen LogP contribution in [-0.2, 0) is 0 Å². The van der Waals surface area contributed by atoms with E-state index in [0.717, 1.165) is 14.5 Å². The van der Waals surface area contributed by atoms with Crippen molar-refractivity contribution in [3.8, 4) is 5.75 Å². The van der Waals surface area contributed by atoms with Crippen molar-refractivity contribution >= 4 is 37.6 Å². The fraction of sp³-hybridized carbons (Fsp3) is 0.133. The Labute approximate surface area is 129 Å². The van der Waals surface area contributed by atoms with Gasteiger partial charge in [0.1, 0.15) is 5.75 Å². The number of ketones is 1. The van der Waals surface area contributed by atoms with Crippen molar-refractivity contribution in [2.24, 2.45) is 0 Å². The highest BCUT2D eigenvalue weighted by Gasteiger charge is 2.17. The second kappa shape index (κ2) is 5.88. The molecule has 0 N–H and O–H groups in total. The second-order valence-corrected chi connectivity index (χ2v) is 5.93. The van der Waals surface area contributed by atoms with Crippen molar-refractivity contribution in [2.75, 3.05) is 7.11 Å². The maximum absolute atomic E-state index is 12.6. The number of methoxy groups -OCH3 is 1. The van der Waals surface area contributed by atoms with Crippen LogP contribution in [0.4, 0.5) is 0 Å². The maximum Gasteiger partial charge on any atom is 0.197 e. The van der Waals surface area contributed by atoms with Gasteiger partial charge in [0.2, 0.25) is 0 Å². The van der Waals surface area contributed by atoms with Gasteiger partial charge in [-0.1, -0.05) is 43.5 Å². The lowest BCUT2D eigenvalue weighted by atomic mass is 10.0. The van der Waals surface area contributed by atoms with Crippen molar-refractivity contribution in [3.63, 3.8) is 0 Å². The molecule has 0 spiro atoms. The van der Waals surface area contributed by atoms with Crippen LogP contribution in [0.5, 0.6) is 5.75 Å². The molecule has 0 bridgehead atoms. The first-order chi connectivity index (χ1) is 9.02. The molecule has 0 atom stereocenters. The van der Waals surface area contributed by atoms with E-state index in [-0.39, 0.29) is 5.78 Å². The monoisotopic (exact) mass is 382 g/mol. The zero-order valence-corrected chi connectivity index (χ0v) is 13.7. The highest BCUT2D eigenvalue weighted by atomic mass is 79.9. The van der Waals surface area contributed by atoms with Gasteiger partial charge in [-0.2, -0.15) is 0 Å². The van der Waals surface area contributed by atoms with E-state index in [1.165, 1.54) is 0 Å². The number of rotatable bonds is 3. The van der Waals surface area contributed by atoms with Gasteiger partial charge in [0.25, 0.3) is 0 Å². The zero-order chi connectivity index (χ0) is 14.0. The molecule has 98 valence electrons. The average Bonchev–Trinajstić information content (AvgIpc) is 2.40. The SMILES string of the molecule is COc1ccc(Br)cc1C(=O)c1cc(C)ccc1Br. The van der Waals surface area contributed by atoms with Crippen molar-refractivity contribution in [1.82, 2.24) is 0 Å². The standard InChI is InChI=1S/C15H12Br2O2/c1-9-3-5-13(17)11(7-9)15(18)12-8-10(16)4-6-14(12)19-2/h3-8H,1-2H3. The summed E-state index contributed by atoms with van der Waals surface area (Å²) in [5, 5.41) is 0. The van der Waals surface area contributed by atoms with Crippen LogP contribution in [0.1, 0.15) is 21.5 Å². The van der Waals surface area contributed by atoms with Crippen LogP contribution in [0.3, 0.4) is 0 Å². The third kappa shape index (κ3) is 3.07. The molecule has 4 heteroatoms. The molecule has 2 nitrogen and oxygen atoms in total. The third-order valence-corrected chi connectivity index (χ3v) is 3.96. The summed E-state index contributed by atoms with van der Waals surface area (Å²) in [6.45, 7) is 1.96. The number of benzene rings is 2. The molecular weight excluding hydrogens is 372 g/mol. The summed E-state index contributed by atoms with van der Waals surface area (Å²) in [7, 11) is 1.56. The number of aryl methyl sites for hydroxylation is 1. The molecule has 0 fully saturated rings. The lowest BCUT2D eigenvalue weighted by molar-refractivity contribution is 0.103. The molecule has 0 aromatic heterocycles. The van der Waals surface area contributed by atoms with E-state index in [0.29, 0.717) is 16.9 Å². The molecule has 2 aromatic rings. The Morgan fingerprint density at radius 2 is 1.79 bits per heavy atom. The first kappa shape index (κ1) is 14.3. The summed E-state index contributed by atoms with van der Waals surface area (Å²) in [6, 6.07) is 11.1. The van der Waals surface area contributed by atoms with Crippen LogP contribution in [0.2, 0.25) is 0 Å². The second-order valence-electron chi connectivity index (χ2n) is 4.16. The summed E-state index contributed by atoms with van der Waals surface area (Å²) in [5.41, 5.74) is 2.22. The topological polar surface area (TPSA) is 26.3 Å². The van der Waals surface area contributed by atoms with Gasteiger partial charge in [0, 0.05) is 14.5 Å². The van der Waals surface area contributed by atoms with E-state index in [1.807, 2.05) is 31.2 Å². The summed E-state index contributed by atoms with van der Waals surface area (Å²) in [5.74, 6) is 0.510. The van der Waals surface area contributed by atoms with Gasteiger partial charge in [-0.15, -0.1) is 0 Å². The van der Waals surface area contributed by atoms with Crippen LogP contribution in [0, 0.1) is 6.92 Å². The Morgan fingerprint density at radius 1 is 1.05 bits per heavy atom. The van der Waals surface area contributed by atoms with E-state index in [4.69, 9.17) is 4.74 Å². The Morgan fingerprint density at radius 3 is 2.47 bits per heavy atom. The Kier molecular flexibility index (Phi) is 4.42. The minimum atomic E-state index is -0.0614. The van der Waals surface area contributed by atoms with Crippen LogP contribution in [-0.4, -0.2) is 12.9 Å². The Hall–Kier alpha value is -1.13. The molecule has 0 radical (unpaired) electrons. The predicted molar refractivity (Wildman–Crippen MR) is 83.0 cm³/mol. The number of hydrogen-bond acceptors (Lipinski definition) is 2. The smallest absolute Gasteiger partial charge is 0.197 e. The van der Waals surface area contributed by atoms with Gasteiger partial charge in [-0.25, -0.2) is 0 Å². The fourth-order valence-corrected chi connectivity index (χ4v) is 2.60. The molecule has 0 saturated carbocycles. The van der Waals surface area contributed by atoms with Gasteiger partial charge in [-0.3, -0.25) is 4.79 Å². The molecule has 2 aromatic carbocycles. The molecule has 0 unspecified atom stereocenters. The zero-order valence-electron chi connectivity index (χ0n) is 10.5. The molecular formula is C15H12Br2O2. The van der Waals surface area contributed by atoms with Crippen molar-refractivity contribution in [3.05, 3.63) is 62.0 Å². The van der Waals surface area contributed by atoms with E-state index >= 15 is 0 Å². The van der Waals surface area contributed by atoms with Crippen molar-refractivity contribution in [2.45, 2.75) is 6.92 Å². The summed E-state index contributed by atoms with van der Waals surface area (Å²) < 4.78 is 6.89. The fourth-order valence-electron chi connectivity index (χ4n) is 1.82. The van der Waals surface area contributed by atoms with Gasteiger partial charge in [-0.05, 0) is 37.3 Å². The Bertz CT molecular complexity index is 636. The molecule has 19 heavy (non-hydrogen) atoms. The van der Waals surface area contributed by atoms with E-state index in [2.05, 4.69) is 31.9 Å². The summed E-state index contributed by atoms with van der Waals surface area (Å²) >= 11 is 6.80. The van der Waals surface area contributed by atoms with Gasteiger partial charge >= 0.3 is 0 Å². The minimum absolute atomic E-state index is 0.0614. The number of carbonyl (C=O) groups is 1. The van der Waals surface area contributed by atoms with E-state index in [1.54, 1.807) is 19.2 Å². The molecule has 0 saturated heterocycles. The van der Waals surface area contributed by atoms with Crippen LogP contribution in [0.25, 0.3) is 0 Å². The molecule has 0 aliphatic heterocycles. The molecule has 0 heterocycles. The normalized spacial score (nSPS) is 10.3. The highest BCUT2D eigenvalue weighted by Crippen LogP contribution is 2.28. The first-order valence-electron chi connectivity index (χ1n) is 5.67. The minimum Gasteiger partial charge on any atom is -0.496 e.